The smallest absolute Gasteiger partial charge is 0.408 e. The van der Waals surface area contributed by atoms with Crippen molar-refractivity contribution in [3.05, 3.63) is 35.9 Å². The van der Waals surface area contributed by atoms with Gasteiger partial charge in [0.05, 0.1) is 0 Å². The van der Waals surface area contributed by atoms with Crippen molar-refractivity contribution in [2.75, 3.05) is 12.5 Å². The van der Waals surface area contributed by atoms with Crippen molar-refractivity contribution in [1.29, 1.82) is 0 Å². The summed E-state index contributed by atoms with van der Waals surface area (Å²) in [5.41, 5.74) is 0.841. The molecule has 162 valence electrons. The van der Waals surface area contributed by atoms with Crippen LogP contribution in [0.15, 0.2) is 30.3 Å². The van der Waals surface area contributed by atoms with Gasteiger partial charge in [-0.1, -0.05) is 44.2 Å². The van der Waals surface area contributed by atoms with E-state index < -0.39 is 24.2 Å². The van der Waals surface area contributed by atoms with Gasteiger partial charge in [-0.25, -0.2) is 9.59 Å². The summed E-state index contributed by atoms with van der Waals surface area (Å²) in [6, 6.07) is 8.35. The molecule has 1 amide bonds. The fraction of sp³-hybridized carbons (Fsp3) is 0.571. The van der Waals surface area contributed by atoms with Crippen molar-refractivity contribution in [2.45, 2.75) is 58.8 Å². The van der Waals surface area contributed by atoms with Gasteiger partial charge in [0.25, 0.3) is 0 Å². The van der Waals surface area contributed by atoms with Crippen LogP contribution in [0.1, 0.15) is 45.6 Å². The maximum atomic E-state index is 12.3. The zero-order valence-electron chi connectivity index (χ0n) is 17.2. The van der Waals surface area contributed by atoms with Crippen molar-refractivity contribution in [2.24, 2.45) is 5.92 Å². The number of nitrogens with one attached hydrogen (secondary N) is 1. The number of unbranched alkanes of at least 4 members (excludes halogenated alkanes) is 1. The molecule has 29 heavy (non-hydrogen) atoms. The van der Waals surface area contributed by atoms with Crippen molar-refractivity contribution >= 4 is 29.6 Å². The topological polar surface area (TPSA) is 90.9 Å². The molecule has 0 aliphatic carbocycles. The van der Waals surface area contributed by atoms with Crippen LogP contribution in [0.2, 0.25) is 0 Å². The van der Waals surface area contributed by atoms with Gasteiger partial charge in [-0.2, -0.15) is 0 Å². The maximum Gasteiger partial charge on any atom is 0.408 e. The molecule has 1 N–H and O–H groups in total. The zero-order chi connectivity index (χ0) is 21.6. The Balaban J connectivity index is 2.40. The Morgan fingerprint density at radius 3 is 2.34 bits per heavy atom. The van der Waals surface area contributed by atoms with Crippen LogP contribution in [-0.2, 0) is 30.4 Å². The summed E-state index contributed by atoms with van der Waals surface area (Å²) in [5, 5.41) is 2.53. The first-order chi connectivity index (χ1) is 13.8. The van der Waals surface area contributed by atoms with E-state index >= 15 is 0 Å². The minimum atomic E-state index is -0.870. The molecule has 7 nitrogen and oxygen atoms in total. The number of esters is 2. The predicted molar refractivity (Wildman–Crippen MR) is 109 cm³/mol. The van der Waals surface area contributed by atoms with Crippen LogP contribution in [0, 0.1) is 5.92 Å². The third-order valence-electron chi connectivity index (χ3n) is 3.96. The van der Waals surface area contributed by atoms with Gasteiger partial charge in [0.2, 0.25) is 0 Å². The number of hydrogen-bond donors (Lipinski definition) is 1. The average Bonchev–Trinajstić information content (AvgIpc) is 2.69. The number of amides is 1. The van der Waals surface area contributed by atoms with Gasteiger partial charge in [-0.15, -0.1) is 11.6 Å². The monoisotopic (exact) mass is 427 g/mol. The van der Waals surface area contributed by atoms with Crippen LogP contribution >= 0.6 is 11.6 Å². The number of benzene rings is 1. The Bertz CT molecular complexity index is 637. The predicted octanol–water partition coefficient (Wildman–Crippen LogP) is 3.82. The van der Waals surface area contributed by atoms with Gasteiger partial charge in [0.1, 0.15) is 25.4 Å². The summed E-state index contributed by atoms with van der Waals surface area (Å²) in [4.78, 5) is 36.0. The average molecular weight is 428 g/mol. The lowest BCUT2D eigenvalue weighted by Gasteiger charge is -2.21. The van der Waals surface area contributed by atoms with Crippen LogP contribution in [0.5, 0.6) is 0 Å². The molecule has 2 atom stereocenters. The van der Waals surface area contributed by atoms with Gasteiger partial charge in [-0.3, -0.25) is 4.79 Å². The molecule has 0 aromatic heterocycles. The first-order valence-corrected chi connectivity index (χ1v) is 10.3. The van der Waals surface area contributed by atoms with Crippen molar-refractivity contribution in [3.8, 4) is 0 Å². The lowest BCUT2D eigenvalue weighted by Crippen LogP contribution is -2.46. The van der Waals surface area contributed by atoms with E-state index in [2.05, 4.69) is 5.32 Å². The van der Waals surface area contributed by atoms with E-state index in [4.69, 9.17) is 25.8 Å². The molecule has 0 aliphatic heterocycles. The van der Waals surface area contributed by atoms with Gasteiger partial charge in [-0.05, 0) is 31.2 Å². The van der Waals surface area contributed by atoms with E-state index in [-0.39, 0.29) is 31.5 Å². The van der Waals surface area contributed by atoms with Crippen LogP contribution in [0.4, 0.5) is 4.79 Å². The molecule has 0 saturated carbocycles. The number of carbonyl (C=O) groups excluding carboxylic acids is 3. The van der Waals surface area contributed by atoms with Gasteiger partial charge < -0.3 is 19.5 Å². The second kappa shape index (κ2) is 13.8. The Hall–Kier alpha value is -2.28. The van der Waals surface area contributed by atoms with Crippen LogP contribution < -0.4 is 5.32 Å². The third-order valence-corrected chi connectivity index (χ3v) is 4.23. The highest BCUT2D eigenvalue weighted by molar-refractivity contribution is 6.17. The molecule has 0 bridgehead atoms. The van der Waals surface area contributed by atoms with Crippen molar-refractivity contribution in [1.82, 2.24) is 5.32 Å². The molecule has 0 fully saturated rings. The highest BCUT2D eigenvalue weighted by atomic mass is 35.5. The van der Waals surface area contributed by atoms with E-state index in [0.29, 0.717) is 12.3 Å². The van der Waals surface area contributed by atoms with E-state index in [9.17, 15) is 14.4 Å². The Labute approximate surface area is 177 Å². The van der Waals surface area contributed by atoms with Gasteiger partial charge in [0, 0.05) is 12.3 Å². The second-order valence-corrected chi connectivity index (χ2v) is 7.38. The summed E-state index contributed by atoms with van der Waals surface area (Å²) in [6.07, 6.45) is 0.374. The third kappa shape index (κ3) is 10.7. The molecule has 0 aliphatic rings. The molecule has 0 spiro atoms. The highest BCUT2D eigenvalue weighted by Gasteiger charge is 2.27. The van der Waals surface area contributed by atoms with Crippen LogP contribution in [0.3, 0.4) is 0 Å². The SMILES string of the molecule is CC(COC(=O)[C@@H](NC(=O)OCc1ccccc1)C(C)C)OC(=O)CCCCCl. The number of alkyl carbamates (subject to hydrolysis) is 1. The molecule has 8 heteroatoms. The Kier molecular flexibility index (Phi) is 11.8. The maximum absolute atomic E-state index is 12.3. The molecular formula is C21H30ClNO6. The number of carbonyl (C=O) groups is 3. The highest BCUT2D eigenvalue weighted by Crippen LogP contribution is 2.08. The molecule has 1 aromatic carbocycles. The molecular weight excluding hydrogens is 398 g/mol. The summed E-state index contributed by atoms with van der Waals surface area (Å²) < 4.78 is 15.5. The number of halogens is 1. The van der Waals surface area contributed by atoms with Crippen molar-refractivity contribution < 1.29 is 28.6 Å². The van der Waals surface area contributed by atoms with Crippen LogP contribution in [-0.4, -0.2) is 42.7 Å². The molecule has 1 rings (SSSR count). The number of alkyl halides is 1. The number of rotatable bonds is 12. The van der Waals surface area contributed by atoms with E-state index in [0.717, 1.165) is 12.0 Å². The van der Waals surface area contributed by atoms with Gasteiger partial charge in [0.15, 0.2) is 0 Å². The lowest BCUT2D eigenvalue weighted by atomic mass is 10.1. The van der Waals surface area contributed by atoms with Crippen LogP contribution in [0.25, 0.3) is 0 Å². The molecule has 0 heterocycles. The summed E-state index contributed by atoms with van der Waals surface area (Å²) >= 11 is 5.57. The standard InChI is InChI=1S/C21H30ClNO6/c1-15(2)19(23-21(26)28-14-17-9-5-4-6-10-17)20(25)27-13-16(3)29-18(24)11-7-8-12-22/h4-6,9-10,15-16,19H,7-8,11-14H2,1-3H3,(H,23,26)/t16?,19-/m0/s1. The fourth-order valence-corrected chi connectivity index (χ4v) is 2.55. The first-order valence-electron chi connectivity index (χ1n) is 9.72. The quantitative estimate of drug-likeness (QED) is 0.236. The van der Waals surface area contributed by atoms with Crippen molar-refractivity contribution in [3.63, 3.8) is 0 Å². The lowest BCUT2D eigenvalue weighted by molar-refractivity contribution is -0.159. The molecule has 0 radical (unpaired) electrons. The Morgan fingerprint density at radius 2 is 1.72 bits per heavy atom. The fourth-order valence-electron chi connectivity index (χ4n) is 2.36. The molecule has 1 aromatic rings. The second-order valence-electron chi connectivity index (χ2n) is 7.00. The zero-order valence-corrected chi connectivity index (χ0v) is 17.9. The summed E-state index contributed by atoms with van der Waals surface area (Å²) in [5.74, 6) is -0.679. The largest absolute Gasteiger partial charge is 0.460 e. The normalized spacial score (nSPS) is 12.7. The molecule has 0 saturated heterocycles. The first kappa shape index (κ1) is 24.8. The summed E-state index contributed by atoms with van der Waals surface area (Å²) in [7, 11) is 0. The minimum absolute atomic E-state index is 0.0932. The minimum Gasteiger partial charge on any atom is -0.460 e. The van der Waals surface area contributed by atoms with Gasteiger partial charge >= 0.3 is 18.0 Å². The number of hydrogen-bond acceptors (Lipinski definition) is 6. The van der Waals surface area contributed by atoms with E-state index in [1.165, 1.54) is 0 Å². The molecule has 1 unspecified atom stereocenters. The number of ether oxygens (including phenoxy) is 3. The summed E-state index contributed by atoms with van der Waals surface area (Å²) in [6.45, 7) is 5.21. The Morgan fingerprint density at radius 1 is 1.03 bits per heavy atom. The van der Waals surface area contributed by atoms with E-state index in [1.807, 2.05) is 30.3 Å². The van der Waals surface area contributed by atoms with E-state index in [1.54, 1.807) is 20.8 Å².